The fourth-order valence-corrected chi connectivity index (χ4v) is 1.89. The number of benzene rings is 1. The lowest BCUT2D eigenvalue weighted by Gasteiger charge is -2.10. The number of hydrogen-bond donors (Lipinski definition) is 1. The Morgan fingerprint density at radius 3 is 2.71 bits per heavy atom. The number of aliphatic hydroxyl groups is 1. The lowest BCUT2D eigenvalue weighted by Crippen LogP contribution is -2.03. The molecule has 0 radical (unpaired) electrons. The van der Waals surface area contributed by atoms with E-state index in [9.17, 15) is 9.50 Å². The molecule has 0 bridgehead atoms. The normalized spacial score (nSPS) is 12.7. The van der Waals surface area contributed by atoms with Gasteiger partial charge in [0.1, 0.15) is 23.4 Å². The summed E-state index contributed by atoms with van der Waals surface area (Å²) < 4.78 is 18.8. The lowest BCUT2D eigenvalue weighted by atomic mass is 10.1. The maximum Gasteiger partial charge on any atom is 0.132 e. The fourth-order valence-electron chi connectivity index (χ4n) is 1.65. The van der Waals surface area contributed by atoms with Crippen molar-refractivity contribution >= 4 is 11.6 Å². The number of hydrogen-bond acceptors (Lipinski definition) is 2. The first-order chi connectivity index (χ1) is 8.08. The zero-order chi connectivity index (χ0) is 12.4. The predicted octanol–water partition coefficient (Wildman–Crippen LogP) is 3.66. The van der Waals surface area contributed by atoms with Crippen molar-refractivity contribution in [1.29, 1.82) is 0 Å². The van der Waals surface area contributed by atoms with E-state index in [1.807, 2.05) is 0 Å². The molecule has 0 saturated carbocycles. The Kier molecular flexibility index (Phi) is 3.50. The second-order valence-electron chi connectivity index (χ2n) is 3.87. The van der Waals surface area contributed by atoms with Crippen molar-refractivity contribution < 1.29 is 13.9 Å². The molecule has 0 aliphatic carbocycles. The monoisotopic (exact) mass is 254 g/mol. The van der Waals surface area contributed by atoms with Crippen LogP contribution in [0.1, 0.15) is 23.2 Å². The summed E-state index contributed by atoms with van der Waals surface area (Å²) in [4.78, 5) is 0. The highest BCUT2D eigenvalue weighted by Crippen LogP contribution is 2.26. The summed E-state index contributed by atoms with van der Waals surface area (Å²) in [5, 5.41) is 10.2. The molecule has 0 fully saturated rings. The van der Waals surface area contributed by atoms with Crippen LogP contribution < -0.4 is 0 Å². The van der Waals surface area contributed by atoms with Crippen molar-refractivity contribution in [3.8, 4) is 0 Å². The van der Waals surface area contributed by atoms with Gasteiger partial charge in [-0.15, -0.1) is 0 Å². The standard InChI is InChI=1S/C13H12ClFO2/c1-8-5-6-13(17-8)12(16)7-9-10(14)3-2-4-11(9)15/h2-6,12,16H,7H2,1H3. The number of halogens is 2. The molecule has 1 atom stereocenters. The van der Waals surface area contributed by atoms with Crippen LogP contribution in [0.5, 0.6) is 0 Å². The molecule has 1 aromatic carbocycles. The third kappa shape index (κ3) is 2.68. The number of rotatable bonds is 3. The molecule has 0 aliphatic heterocycles. The number of aliphatic hydroxyl groups excluding tert-OH is 1. The Hall–Kier alpha value is -1.32. The van der Waals surface area contributed by atoms with Crippen LogP contribution in [0.4, 0.5) is 4.39 Å². The Morgan fingerprint density at radius 1 is 1.35 bits per heavy atom. The molecular weight excluding hydrogens is 243 g/mol. The van der Waals surface area contributed by atoms with Crippen LogP contribution in [0, 0.1) is 12.7 Å². The van der Waals surface area contributed by atoms with E-state index in [1.165, 1.54) is 12.1 Å². The van der Waals surface area contributed by atoms with Gasteiger partial charge in [0.25, 0.3) is 0 Å². The summed E-state index contributed by atoms with van der Waals surface area (Å²) in [7, 11) is 0. The van der Waals surface area contributed by atoms with Crippen LogP contribution in [-0.2, 0) is 6.42 Å². The van der Waals surface area contributed by atoms with Gasteiger partial charge in [0, 0.05) is 17.0 Å². The lowest BCUT2D eigenvalue weighted by molar-refractivity contribution is 0.148. The van der Waals surface area contributed by atoms with Crippen molar-refractivity contribution in [2.75, 3.05) is 0 Å². The molecule has 90 valence electrons. The van der Waals surface area contributed by atoms with E-state index in [2.05, 4.69) is 0 Å². The van der Waals surface area contributed by atoms with Gasteiger partial charge in [-0.1, -0.05) is 17.7 Å². The molecule has 0 spiro atoms. The molecule has 2 aromatic rings. The first-order valence-corrected chi connectivity index (χ1v) is 5.63. The maximum atomic E-state index is 13.5. The summed E-state index contributed by atoms with van der Waals surface area (Å²) in [6.45, 7) is 1.78. The number of furan rings is 1. The van der Waals surface area contributed by atoms with Crippen molar-refractivity contribution in [3.63, 3.8) is 0 Å². The van der Waals surface area contributed by atoms with Gasteiger partial charge in [0.2, 0.25) is 0 Å². The zero-order valence-electron chi connectivity index (χ0n) is 9.28. The molecule has 0 saturated heterocycles. The van der Waals surface area contributed by atoms with Crippen molar-refractivity contribution in [2.45, 2.75) is 19.4 Å². The quantitative estimate of drug-likeness (QED) is 0.907. The summed E-state index contributed by atoms with van der Waals surface area (Å²) in [6.07, 6.45) is -0.795. The molecule has 4 heteroatoms. The van der Waals surface area contributed by atoms with Crippen LogP contribution in [0.25, 0.3) is 0 Å². The largest absolute Gasteiger partial charge is 0.464 e. The molecule has 2 nitrogen and oxygen atoms in total. The molecule has 1 unspecified atom stereocenters. The van der Waals surface area contributed by atoms with Crippen molar-refractivity contribution in [2.24, 2.45) is 0 Å². The highest BCUT2D eigenvalue weighted by molar-refractivity contribution is 6.31. The minimum Gasteiger partial charge on any atom is -0.464 e. The summed E-state index contributed by atoms with van der Waals surface area (Å²) in [5.41, 5.74) is 0.302. The molecule has 0 amide bonds. The minimum atomic E-state index is -0.891. The summed E-state index contributed by atoms with van der Waals surface area (Å²) in [6, 6.07) is 7.88. The predicted molar refractivity (Wildman–Crippen MR) is 63.5 cm³/mol. The van der Waals surface area contributed by atoms with Gasteiger partial charge in [-0.05, 0) is 31.2 Å². The Morgan fingerprint density at radius 2 is 2.12 bits per heavy atom. The second kappa shape index (κ2) is 4.90. The van der Waals surface area contributed by atoms with Crippen LogP contribution >= 0.6 is 11.6 Å². The van der Waals surface area contributed by atoms with Gasteiger partial charge in [-0.25, -0.2) is 4.39 Å². The summed E-state index contributed by atoms with van der Waals surface area (Å²) >= 11 is 5.88. The molecule has 1 heterocycles. The average Bonchev–Trinajstić information content (AvgIpc) is 2.70. The van der Waals surface area contributed by atoms with E-state index in [-0.39, 0.29) is 6.42 Å². The third-order valence-electron chi connectivity index (χ3n) is 2.55. The minimum absolute atomic E-state index is 0.0957. The molecule has 2 rings (SSSR count). The van der Waals surface area contributed by atoms with E-state index in [4.69, 9.17) is 16.0 Å². The summed E-state index contributed by atoms with van der Waals surface area (Å²) in [5.74, 6) is 0.709. The zero-order valence-corrected chi connectivity index (χ0v) is 10.0. The highest BCUT2D eigenvalue weighted by atomic mass is 35.5. The van der Waals surface area contributed by atoms with Gasteiger partial charge in [-0.2, -0.15) is 0 Å². The Bertz CT molecular complexity index is 502. The first kappa shape index (κ1) is 12.1. The van der Waals surface area contributed by atoms with Crippen molar-refractivity contribution in [1.82, 2.24) is 0 Å². The van der Waals surface area contributed by atoms with E-state index < -0.39 is 11.9 Å². The molecule has 1 aromatic heterocycles. The van der Waals surface area contributed by atoms with Crippen LogP contribution in [0.2, 0.25) is 5.02 Å². The fraction of sp³-hybridized carbons (Fsp3) is 0.231. The number of aryl methyl sites for hydroxylation is 1. The second-order valence-corrected chi connectivity index (χ2v) is 4.28. The smallest absolute Gasteiger partial charge is 0.132 e. The van der Waals surface area contributed by atoms with Crippen molar-refractivity contribution in [3.05, 3.63) is 58.3 Å². The molecular formula is C13H12ClFO2. The molecule has 0 aliphatic rings. The van der Waals surface area contributed by atoms with E-state index in [0.717, 1.165) is 0 Å². The van der Waals surface area contributed by atoms with Crippen LogP contribution in [0.3, 0.4) is 0 Å². The van der Waals surface area contributed by atoms with E-state index in [1.54, 1.807) is 25.1 Å². The van der Waals surface area contributed by atoms with Gasteiger partial charge in [0.15, 0.2) is 0 Å². The van der Waals surface area contributed by atoms with Gasteiger partial charge in [0.05, 0.1) is 0 Å². The van der Waals surface area contributed by atoms with Gasteiger partial charge < -0.3 is 9.52 Å². The van der Waals surface area contributed by atoms with Crippen LogP contribution in [-0.4, -0.2) is 5.11 Å². The van der Waals surface area contributed by atoms with E-state index >= 15 is 0 Å². The Labute approximate surface area is 104 Å². The SMILES string of the molecule is Cc1ccc(C(O)Cc2c(F)cccc2Cl)o1. The topological polar surface area (TPSA) is 33.4 Å². The molecule has 1 N–H and O–H groups in total. The molecule has 17 heavy (non-hydrogen) atoms. The first-order valence-electron chi connectivity index (χ1n) is 5.25. The Balaban J connectivity index is 2.21. The average molecular weight is 255 g/mol. The van der Waals surface area contributed by atoms with Gasteiger partial charge in [-0.3, -0.25) is 0 Å². The highest BCUT2D eigenvalue weighted by Gasteiger charge is 2.16. The van der Waals surface area contributed by atoms with E-state index in [0.29, 0.717) is 22.1 Å². The maximum absolute atomic E-state index is 13.5. The third-order valence-corrected chi connectivity index (χ3v) is 2.90. The van der Waals surface area contributed by atoms with Crippen LogP contribution in [0.15, 0.2) is 34.7 Å². The van der Waals surface area contributed by atoms with Gasteiger partial charge >= 0.3 is 0 Å².